The van der Waals surface area contributed by atoms with Crippen molar-refractivity contribution in [2.24, 2.45) is 11.8 Å². The Morgan fingerprint density at radius 1 is 0.638 bits per heavy atom. The van der Waals surface area contributed by atoms with Gasteiger partial charge in [-0.1, -0.05) is 52.4 Å². The minimum Gasteiger partial charge on any atom is -0.481 e. The summed E-state index contributed by atoms with van der Waals surface area (Å²) in [6, 6.07) is 8.26. The number of aromatic nitrogens is 2. The number of pyridine rings is 2. The highest BCUT2D eigenvalue weighted by atomic mass is 32.2. The number of amides is 2. The van der Waals surface area contributed by atoms with Crippen LogP contribution in [0.2, 0.25) is 0 Å². The van der Waals surface area contributed by atoms with E-state index in [1.54, 1.807) is 23.5 Å². The molecule has 2 atom stereocenters. The van der Waals surface area contributed by atoms with E-state index in [1.807, 2.05) is 24.3 Å². The van der Waals surface area contributed by atoms with Gasteiger partial charge in [-0.05, 0) is 112 Å². The van der Waals surface area contributed by atoms with Crippen LogP contribution < -0.4 is 20.4 Å². The van der Waals surface area contributed by atoms with Gasteiger partial charge in [0.15, 0.2) is 0 Å². The first-order valence-corrected chi connectivity index (χ1v) is 23.9. The van der Waals surface area contributed by atoms with Gasteiger partial charge in [0.25, 0.3) is 11.8 Å². The van der Waals surface area contributed by atoms with Crippen LogP contribution in [0.5, 0.6) is 0 Å². The third-order valence-electron chi connectivity index (χ3n) is 11.6. The third kappa shape index (κ3) is 14.3. The van der Waals surface area contributed by atoms with E-state index in [0.29, 0.717) is 30.0 Å². The van der Waals surface area contributed by atoms with Gasteiger partial charge in [0.05, 0.1) is 11.1 Å². The molecule has 0 radical (unpaired) electrons. The summed E-state index contributed by atoms with van der Waals surface area (Å²) in [6.45, 7) is 7.56. The van der Waals surface area contributed by atoms with E-state index < -0.39 is 11.9 Å². The number of anilines is 2. The third-order valence-corrected chi connectivity index (χ3v) is 14.0. The lowest BCUT2D eigenvalue weighted by atomic mass is 9.93. The fourth-order valence-electron chi connectivity index (χ4n) is 8.49. The lowest BCUT2D eigenvalue weighted by Crippen LogP contribution is -2.37. The van der Waals surface area contributed by atoms with Crippen molar-refractivity contribution < 1.29 is 29.4 Å². The predicted molar refractivity (Wildman–Crippen MR) is 234 cm³/mol. The normalized spacial score (nSPS) is 20.2. The van der Waals surface area contributed by atoms with Crippen molar-refractivity contribution >= 4 is 58.9 Å². The van der Waals surface area contributed by atoms with E-state index in [0.717, 1.165) is 111 Å². The number of rotatable bonds is 17. The molecule has 2 aliphatic carbocycles. The van der Waals surface area contributed by atoms with Crippen LogP contribution in [0.1, 0.15) is 150 Å². The number of carboxylic acids is 2. The second kappa shape index (κ2) is 23.9. The average Bonchev–Trinajstić information content (AvgIpc) is 3.70. The summed E-state index contributed by atoms with van der Waals surface area (Å²) in [5.41, 5.74) is 1.34. The summed E-state index contributed by atoms with van der Waals surface area (Å²) in [5.74, 6) is 2.67. The SMILES string of the molecule is CCCSc1nc(N2CCCC(CCC(=O)O)C2)ccc1C(=O)NC1CCCCC1.CCCSc1nc(N2CC[C@H](CC(=O)O)C2)ccc1C(=O)NC1CCCCC1. The Labute approximate surface area is 353 Å². The number of hydrogen-bond donors (Lipinski definition) is 4. The van der Waals surface area contributed by atoms with Crippen LogP contribution in [0, 0.1) is 11.8 Å². The van der Waals surface area contributed by atoms with Crippen LogP contribution in [0.4, 0.5) is 11.6 Å². The Bertz CT molecular complexity index is 1650. The number of piperidine rings is 1. The molecule has 320 valence electrons. The van der Waals surface area contributed by atoms with Gasteiger partial charge in [-0.3, -0.25) is 19.2 Å². The molecule has 14 heteroatoms. The van der Waals surface area contributed by atoms with E-state index in [-0.39, 0.29) is 42.7 Å². The molecule has 2 saturated heterocycles. The molecule has 2 aromatic rings. The standard InChI is InChI=1S/C23H35N3O3S.C21H31N3O3S/c1-2-15-30-23-19(22(29)24-18-8-4-3-5-9-18)11-12-20(25-23)26-14-6-7-17(16-26)10-13-21(27)28;1-2-12-28-21-17(20(27)22-16-6-4-3-5-7-16)8-9-18(23-21)24-11-10-15(14-24)13-19(25)26/h11-12,17-18H,2-10,13-16H2,1H3,(H,24,29)(H,27,28);8-9,15-16H,2-7,10-14H2,1H3,(H,22,27)(H,25,26)/t;15-/m.1/s1. The van der Waals surface area contributed by atoms with Crippen LogP contribution in [0.25, 0.3) is 0 Å². The lowest BCUT2D eigenvalue weighted by Gasteiger charge is -2.33. The van der Waals surface area contributed by atoms with E-state index >= 15 is 0 Å². The van der Waals surface area contributed by atoms with Crippen molar-refractivity contribution in [3.05, 3.63) is 35.4 Å². The molecular formula is C44H66N6O6S2. The van der Waals surface area contributed by atoms with Crippen molar-refractivity contribution in [3.63, 3.8) is 0 Å². The average molecular weight is 839 g/mol. The zero-order valence-corrected chi connectivity index (χ0v) is 36.4. The molecule has 2 aliphatic heterocycles. The van der Waals surface area contributed by atoms with Gasteiger partial charge in [0.1, 0.15) is 21.7 Å². The molecule has 58 heavy (non-hydrogen) atoms. The molecule has 4 aliphatic rings. The van der Waals surface area contributed by atoms with E-state index in [4.69, 9.17) is 20.2 Å². The van der Waals surface area contributed by atoms with Crippen molar-refractivity contribution in [2.75, 3.05) is 47.5 Å². The fourth-order valence-corrected chi connectivity index (χ4v) is 10.2. The molecule has 2 aromatic heterocycles. The zero-order valence-electron chi connectivity index (χ0n) is 34.7. The van der Waals surface area contributed by atoms with Gasteiger partial charge in [0, 0.05) is 51.1 Å². The highest BCUT2D eigenvalue weighted by Crippen LogP contribution is 2.31. The van der Waals surface area contributed by atoms with Gasteiger partial charge in [-0.2, -0.15) is 0 Å². The molecule has 6 rings (SSSR count). The highest BCUT2D eigenvalue weighted by molar-refractivity contribution is 7.99. The Morgan fingerprint density at radius 3 is 1.62 bits per heavy atom. The van der Waals surface area contributed by atoms with Gasteiger partial charge in [-0.25, -0.2) is 9.97 Å². The number of carbonyl (C=O) groups is 4. The maximum absolute atomic E-state index is 13.0. The molecule has 0 bridgehead atoms. The maximum Gasteiger partial charge on any atom is 0.303 e. The largest absolute Gasteiger partial charge is 0.481 e. The summed E-state index contributed by atoms with van der Waals surface area (Å²) in [5, 5.41) is 26.0. The van der Waals surface area contributed by atoms with Gasteiger partial charge in [-0.15, -0.1) is 23.5 Å². The highest BCUT2D eigenvalue weighted by Gasteiger charge is 2.28. The Balaban J connectivity index is 0.000000221. The molecule has 4 fully saturated rings. The smallest absolute Gasteiger partial charge is 0.303 e. The quantitative estimate of drug-likeness (QED) is 0.112. The molecule has 2 saturated carbocycles. The molecule has 4 N–H and O–H groups in total. The van der Waals surface area contributed by atoms with Gasteiger partial charge >= 0.3 is 11.9 Å². The second-order valence-corrected chi connectivity index (χ2v) is 18.6. The Morgan fingerprint density at radius 2 is 1.14 bits per heavy atom. The topological polar surface area (TPSA) is 165 Å². The first kappa shape index (κ1) is 45.6. The number of carbonyl (C=O) groups excluding carboxylic acids is 2. The number of nitrogens with one attached hydrogen (secondary N) is 2. The van der Waals surface area contributed by atoms with Crippen molar-refractivity contribution in [1.29, 1.82) is 0 Å². The first-order valence-electron chi connectivity index (χ1n) is 22.0. The minimum absolute atomic E-state index is 0.00229. The first-order chi connectivity index (χ1) is 28.1. The molecule has 2 amide bonds. The molecule has 0 spiro atoms. The van der Waals surface area contributed by atoms with Crippen molar-refractivity contribution in [2.45, 2.75) is 152 Å². The minimum atomic E-state index is -0.742. The summed E-state index contributed by atoms with van der Waals surface area (Å²) < 4.78 is 0. The van der Waals surface area contributed by atoms with E-state index in [2.05, 4.69) is 34.3 Å². The van der Waals surface area contributed by atoms with Gasteiger partial charge in [0.2, 0.25) is 0 Å². The van der Waals surface area contributed by atoms with Crippen LogP contribution in [-0.2, 0) is 9.59 Å². The van der Waals surface area contributed by atoms with Crippen molar-refractivity contribution in [3.8, 4) is 0 Å². The van der Waals surface area contributed by atoms with E-state index in [9.17, 15) is 19.2 Å². The molecular weight excluding hydrogens is 773 g/mol. The Hall–Kier alpha value is -3.52. The summed E-state index contributed by atoms with van der Waals surface area (Å²) in [4.78, 5) is 61.8. The van der Waals surface area contributed by atoms with E-state index in [1.165, 1.54) is 38.5 Å². The zero-order chi connectivity index (χ0) is 41.3. The van der Waals surface area contributed by atoms with Crippen LogP contribution in [0.3, 0.4) is 0 Å². The van der Waals surface area contributed by atoms with Crippen molar-refractivity contribution in [1.82, 2.24) is 20.6 Å². The van der Waals surface area contributed by atoms with Crippen LogP contribution in [0.15, 0.2) is 34.3 Å². The Kier molecular flexibility index (Phi) is 18.8. The maximum atomic E-state index is 13.0. The van der Waals surface area contributed by atoms with Crippen LogP contribution in [-0.4, -0.2) is 93.7 Å². The number of hydrogen-bond acceptors (Lipinski definition) is 10. The van der Waals surface area contributed by atoms with Gasteiger partial charge < -0.3 is 30.6 Å². The number of aliphatic carboxylic acids is 2. The fraction of sp³-hybridized carbons (Fsp3) is 0.682. The molecule has 4 heterocycles. The lowest BCUT2D eigenvalue weighted by molar-refractivity contribution is -0.138. The molecule has 1 unspecified atom stereocenters. The molecule has 0 aromatic carbocycles. The molecule has 12 nitrogen and oxygen atoms in total. The number of thioether (sulfide) groups is 2. The predicted octanol–water partition coefficient (Wildman–Crippen LogP) is 8.67. The second-order valence-electron chi connectivity index (χ2n) is 16.4. The monoisotopic (exact) mass is 838 g/mol. The summed E-state index contributed by atoms with van der Waals surface area (Å²) >= 11 is 3.28. The number of nitrogens with zero attached hydrogens (tertiary/aromatic N) is 4. The summed E-state index contributed by atoms with van der Waals surface area (Å²) in [6.07, 6.45) is 17.7. The summed E-state index contributed by atoms with van der Waals surface area (Å²) in [7, 11) is 0. The number of carboxylic acid groups (broad SMARTS) is 2. The van der Waals surface area contributed by atoms with Crippen LogP contribution >= 0.6 is 23.5 Å².